The van der Waals surface area contributed by atoms with Gasteiger partial charge in [0.2, 0.25) is 0 Å². The largest absolute Gasteiger partial charge is 0.449 e. The minimum atomic E-state index is -0.954. The Balaban J connectivity index is 1.56. The van der Waals surface area contributed by atoms with Crippen molar-refractivity contribution in [3.63, 3.8) is 0 Å². The van der Waals surface area contributed by atoms with Crippen molar-refractivity contribution >= 4 is 22.8 Å². The van der Waals surface area contributed by atoms with Crippen molar-refractivity contribution in [1.82, 2.24) is 15.3 Å². The molecule has 6 heteroatoms. The van der Waals surface area contributed by atoms with Gasteiger partial charge in [-0.05, 0) is 43.7 Å². The van der Waals surface area contributed by atoms with E-state index in [2.05, 4.69) is 15.3 Å². The van der Waals surface area contributed by atoms with Gasteiger partial charge in [-0.25, -0.2) is 9.78 Å². The topological polar surface area (TPSA) is 81.2 Å². The van der Waals surface area contributed by atoms with Crippen LogP contribution in [0.5, 0.6) is 0 Å². The molecule has 2 atom stereocenters. The first-order valence-corrected chi connectivity index (χ1v) is 10.4. The van der Waals surface area contributed by atoms with E-state index in [1.807, 2.05) is 73.7 Å². The first kappa shape index (κ1) is 21.2. The summed E-state index contributed by atoms with van der Waals surface area (Å²) in [5, 5.41) is 3.56. The molecule has 4 rings (SSSR count). The molecule has 0 saturated heterocycles. The zero-order chi connectivity index (χ0) is 22.5. The number of aromatic nitrogens is 2. The Labute approximate surface area is 186 Å². The summed E-state index contributed by atoms with van der Waals surface area (Å²) in [5.74, 6) is -0.934. The fourth-order valence-electron chi connectivity index (χ4n) is 3.45. The normalized spacial score (nSPS) is 12.7. The van der Waals surface area contributed by atoms with E-state index in [4.69, 9.17) is 4.74 Å². The Morgan fingerprint density at radius 2 is 1.59 bits per heavy atom. The van der Waals surface area contributed by atoms with Crippen LogP contribution < -0.4 is 5.32 Å². The Kier molecular flexibility index (Phi) is 6.22. The molecule has 0 bridgehead atoms. The second kappa shape index (κ2) is 9.39. The number of esters is 1. The first-order chi connectivity index (χ1) is 15.5. The molecule has 32 heavy (non-hydrogen) atoms. The van der Waals surface area contributed by atoms with Gasteiger partial charge in [0.05, 0.1) is 22.8 Å². The van der Waals surface area contributed by atoms with Gasteiger partial charge in [-0.3, -0.25) is 9.78 Å². The lowest BCUT2D eigenvalue weighted by Gasteiger charge is -2.19. The standard InChI is InChI=1S/C26H23N3O3/c1-17(19-8-4-3-5-9-19)28-25(30)18(2)32-26(31)22-16-24(20-12-14-27-15-13-20)29-23-11-7-6-10-21(22)23/h3-18H,1-2H3,(H,28,30)/t17-,18+/m0/s1. The number of ether oxygens (including phenoxy) is 1. The number of para-hydroxylation sites is 1. The maximum absolute atomic E-state index is 13.1. The van der Waals surface area contributed by atoms with Crippen LogP contribution in [0.15, 0.2) is 85.2 Å². The molecule has 0 radical (unpaired) electrons. The smallest absolute Gasteiger partial charge is 0.339 e. The van der Waals surface area contributed by atoms with Crippen LogP contribution in [0, 0.1) is 0 Å². The number of rotatable bonds is 6. The van der Waals surface area contributed by atoms with Crippen LogP contribution in [0.1, 0.15) is 35.8 Å². The molecule has 160 valence electrons. The quantitative estimate of drug-likeness (QED) is 0.452. The molecule has 0 aliphatic heterocycles. The van der Waals surface area contributed by atoms with E-state index in [-0.39, 0.29) is 11.9 Å². The lowest BCUT2D eigenvalue weighted by molar-refractivity contribution is -0.129. The van der Waals surface area contributed by atoms with Crippen molar-refractivity contribution in [2.45, 2.75) is 26.0 Å². The maximum Gasteiger partial charge on any atom is 0.339 e. The van der Waals surface area contributed by atoms with Gasteiger partial charge in [0.15, 0.2) is 6.10 Å². The number of nitrogens with one attached hydrogen (secondary N) is 1. The highest BCUT2D eigenvalue weighted by Crippen LogP contribution is 2.25. The minimum Gasteiger partial charge on any atom is -0.449 e. The Bertz CT molecular complexity index is 1240. The number of hydrogen-bond donors (Lipinski definition) is 1. The predicted molar refractivity (Wildman–Crippen MR) is 123 cm³/mol. The second-order valence-corrected chi connectivity index (χ2v) is 7.50. The highest BCUT2D eigenvalue weighted by Gasteiger charge is 2.23. The molecule has 1 N–H and O–H groups in total. The van der Waals surface area contributed by atoms with Gasteiger partial charge in [0.25, 0.3) is 5.91 Å². The van der Waals surface area contributed by atoms with Gasteiger partial charge in [-0.1, -0.05) is 48.5 Å². The van der Waals surface area contributed by atoms with Crippen LogP contribution in [-0.2, 0) is 9.53 Å². The van der Waals surface area contributed by atoms with Crippen LogP contribution in [0.3, 0.4) is 0 Å². The molecule has 2 heterocycles. The third kappa shape index (κ3) is 4.64. The van der Waals surface area contributed by atoms with E-state index in [1.165, 1.54) is 0 Å². The zero-order valence-corrected chi connectivity index (χ0v) is 17.9. The van der Waals surface area contributed by atoms with E-state index in [0.717, 1.165) is 11.1 Å². The van der Waals surface area contributed by atoms with Gasteiger partial charge < -0.3 is 10.1 Å². The summed E-state index contributed by atoms with van der Waals surface area (Å²) in [5.41, 5.74) is 3.47. The summed E-state index contributed by atoms with van der Waals surface area (Å²) < 4.78 is 5.54. The third-order valence-corrected chi connectivity index (χ3v) is 5.22. The number of pyridine rings is 2. The highest BCUT2D eigenvalue weighted by molar-refractivity contribution is 6.05. The lowest BCUT2D eigenvalue weighted by atomic mass is 10.0. The molecule has 0 saturated carbocycles. The highest BCUT2D eigenvalue weighted by atomic mass is 16.5. The molecule has 0 fully saturated rings. The fraction of sp³-hybridized carbons (Fsp3) is 0.154. The van der Waals surface area contributed by atoms with E-state index in [1.54, 1.807) is 25.4 Å². The molecule has 0 aliphatic carbocycles. The van der Waals surface area contributed by atoms with Gasteiger partial charge in [-0.2, -0.15) is 0 Å². The molecule has 0 spiro atoms. The summed E-state index contributed by atoms with van der Waals surface area (Å²) in [7, 11) is 0. The Morgan fingerprint density at radius 1 is 0.906 bits per heavy atom. The third-order valence-electron chi connectivity index (χ3n) is 5.22. The number of hydrogen-bond acceptors (Lipinski definition) is 5. The summed E-state index contributed by atoms with van der Waals surface area (Å²) in [6, 6.07) is 22.1. The van der Waals surface area contributed by atoms with Crippen LogP contribution in [0.25, 0.3) is 22.2 Å². The number of carbonyl (C=O) groups is 2. The maximum atomic E-state index is 13.1. The van der Waals surface area contributed by atoms with Gasteiger partial charge in [0.1, 0.15) is 0 Å². The first-order valence-electron chi connectivity index (χ1n) is 10.4. The van der Waals surface area contributed by atoms with Crippen LogP contribution in [-0.4, -0.2) is 27.9 Å². The molecular formula is C26H23N3O3. The van der Waals surface area contributed by atoms with E-state index in [0.29, 0.717) is 22.2 Å². The molecule has 0 aliphatic rings. The number of fused-ring (bicyclic) bond motifs is 1. The number of amides is 1. The predicted octanol–water partition coefficient (Wildman–Crippen LogP) is 4.72. The summed E-state index contributed by atoms with van der Waals surface area (Å²) >= 11 is 0. The average Bonchev–Trinajstić information content (AvgIpc) is 2.84. The van der Waals surface area contributed by atoms with Crippen molar-refractivity contribution in [3.05, 3.63) is 96.3 Å². The summed E-state index contributed by atoms with van der Waals surface area (Å²) in [6.45, 7) is 3.46. The zero-order valence-electron chi connectivity index (χ0n) is 17.9. The van der Waals surface area contributed by atoms with Crippen molar-refractivity contribution in [2.24, 2.45) is 0 Å². The molecule has 2 aromatic carbocycles. The summed E-state index contributed by atoms with van der Waals surface area (Å²) in [4.78, 5) is 34.4. The van der Waals surface area contributed by atoms with E-state index in [9.17, 15) is 9.59 Å². The molecule has 0 unspecified atom stereocenters. The minimum absolute atomic E-state index is 0.204. The van der Waals surface area contributed by atoms with Gasteiger partial charge >= 0.3 is 5.97 Å². The Morgan fingerprint density at radius 3 is 2.34 bits per heavy atom. The molecule has 2 aromatic heterocycles. The molecule has 4 aromatic rings. The fourth-order valence-corrected chi connectivity index (χ4v) is 3.45. The number of nitrogens with zero attached hydrogens (tertiary/aromatic N) is 2. The van der Waals surface area contributed by atoms with Crippen LogP contribution in [0.2, 0.25) is 0 Å². The average molecular weight is 425 g/mol. The number of carbonyl (C=O) groups excluding carboxylic acids is 2. The summed E-state index contributed by atoms with van der Waals surface area (Å²) in [6.07, 6.45) is 2.39. The second-order valence-electron chi connectivity index (χ2n) is 7.50. The van der Waals surface area contributed by atoms with E-state index < -0.39 is 12.1 Å². The van der Waals surface area contributed by atoms with Crippen molar-refractivity contribution < 1.29 is 14.3 Å². The van der Waals surface area contributed by atoms with Crippen molar-refractivity contribution in [1.29, 1.82) is 0 Å². The van der Waals surface area contributed by atoms with E-state index >= 15 is 0 Å². The van der Waals surface area contributed by atoms with Crippen molar-refractivity contribution in [2.75, 3.05) is 0 Å². The molecular weight excluding hydrogens is 402 g/mol. The monoisotopic (exact) mass is 425 g/mol. The van der Waals surface area contributed by atoms with Gasteiger partial charge in [-0.15, -0.1) is 0 Å². The molecule has 6 nitrogen and oxygen atoms in total. The Hall–Kier alpha value is -4.06. The van der Waals surface area contributed by atoms with Crippen LogP contribution >= 0.6 is 0 Å². The molecule has 1 amide bonds. The van der Waals surface area contributed by atoms with Gasteiger partial charge in [0, 0.05) is 23.3 Å². The SMILES string of the molecule is C[C@H](NC(=O)[C@@H](C)OC(=O)c1cc(-c2ccncc2)nc2ccccc12)c1ccccc1. The van der Waals surface area contributed by atoms with Crippen molar-refractivity contribution in [3.8, 4) is 11.3 Å². The lowest BCUT2D eigenvalue weighted by Crippen LogP contribution is -2.37. The van der Waals surface area contributed by atoms with Crippen LogP contribution in [0.4, 0.5) is 0 Å². The number of benzene rings is 2.